The molecule has 0 spiro atoms. The van der Waals surface area contributed by atoms with Gasteiger partial charge in [0.05, 0.1) is 24.8 Å². The van der Waals surface area contributed by atoms with Gasteiger partial charge < -0.3 is 13.7 Å². The molecule has 5 rings (SSSR count). The Bertz CT molecular complexity index is 1390. The first-order valence-corrected chi connectivity index (χ1v) is 9.88. The van der Waals surface area contributed by atoms with Crippen LogP contribution in [-0.2, 0) is 6.42 Å². The Kier molecular flexibility index (Phi) is 4.56. The first-order chi connectivity index (χ1) is 14.7. The van der Waals surface area contributed by atoms with Crippen LogP contribution in [0.5, 0.6) is 5.75 Å². The summed E-state index contributed by atoms with van der Waals surface area (Å²) in [7, 11) is 1.56. The standard InChI is InChI=1S/C21H14N4O4S/c1-27-13-6-5-12-8-14(21(26)28-17(12)9-13)16-11-30-19(23-16)10-18-24-20(25-29-18)15-4-2-3-7-22-15/h2-9,11H,10H2,1H3. The number of rotatable bonds is 5. The van der Waals surface area contributed by atoms with E-state index >= 15 is 0 Å². The van der Waals surface area contributed by atoms with E-state index in [4.69, 9.17) is 13.7 Å². The largest absolute Gasteiger partial charge is 0.497 e. The molecule has 0 saturated carbocycles. The molecule has 30 heavy (non-hydrogen) atoms. The Morgan fingerprint density at radius 3 is 2.87 bits per heavy atom. The van der Waals surface area contributed by atoms with Crippen molar-refractivity contribution in [1.29, 1.82) is 0 Å². The van der Waals surface area contributed by atoms with Crippen LogP contribution in [0.25, 0.3) is 33.7 Å². The zero-order valence-corrected chi connectivity index (χ0v) is 16.5. The number of nitrogens with zero attached hydrogens (tertiary/aromatic N) is 4. The lowest BCUT2D eigenvalue weighted by atomic mass is 10.1. The molecule has 4 heterocycles. The van der Waals surface area contributed by atoms with Gasteiger partial charge in [-0.05, 0) is 30.3 Å². The molecule has 0 N–H and O–H groups in total. The number of benzene rings is 1. The van der Waals surface area contributed by atoms with Crippen LogP contribution in [0.3, 0.4) is 0 Å². The van der Waals surface area contributed by atoms with Crippen molar-refractivity contribution in [2.75, 3.05) is 7.11 Å². The zero-order chi connectivity index (χ0) is 20.5. The number of hydrogen-bond donors (Lipinski definition) is 0. The number of ether oxygens (including phenoxy) is 1. The van der Waals surface area contributed by atoms with Crippen LogP contribution in [0.2, 0.25) is 0 Å². The van der Waals surface area contributed by atoms with E-state index in [-0.39, 0.29) is 0 Å². The average Bonchev–Trinajstić information content (AvgIpc) is 3.43. The van der Waals surface area contributed by atoms with E-state index in [1.165, 1.54) is 11.3 Å². The third-order valence-corrected chi connectivity index (χ3v) is 5.28. The molecule has 8 nitrogen and oxygen atoms in total. The molecule has 4 aromatic heterocycles. The first kappa shape index (κ1) is 18.2. The molecule has 0 unspecified atom stereocenters. The lowest BCUT2D eigenvalue weighted by Gasteiger charge is -2.02. The number of pyridine rings is 1. The molecule has 0 atom stereocenters. The quantitative estimate of drug-likeness (QED) is 0.395. The minimum Gasteiger partial charge on any atom is -0.497 e. The SMILES string of the molecule is COc1ccc2cc(-c3csc(Cc4nc(-c5ccccn5)no4)n3)c(=O)oc2c1. The summed E-state index contributed by atoms with van der Waals surface area (Å²) < 4.78 is 15.9. The van der Waals surface area contributed by atoms with E-state index in [9.17, 15) is 4.79 Å². The van der Waals surface area contributed by atoms with Crippen molar-refractivity contribution < 1.29 is 13.7 Å². The van der Waals surface area contributed by atoms with Crippen molar-refractivity contribution in [3.63, 3.8) is 0 Å². The fourth-order valence-electron chi connectivity index (χ4n) is 2.97. The fraction of sp³-hybridized carbons (Fsp3) is 0.0952. The number of methoxy groups -OCH3 is 1. The van der Waals surface area contributed by atoms with Crippen LogP contribution < -0.4 is 10.4 Å². The van der Waals surface area contributed by atoms with Crippen molar-refractivity contribution in [2.24, 2.45) is 0 Å². The third kappa shape index (κ3) is 3.46. The normalized spacial score (nSPS) is 11.1. The van der Waals surface area contributed by atoms with Gasteiger partial charge in [0.1, 0.15) is 22.0 Å². The van der Waals surface area contributed by atoms with Crippen LogP contribution >= 0.6 is 11.3 Å². The molecule has 0 radical (unpaired) electrons. The van der Waals surface area contributed by atoms with Gasteiger partial charge in [-0.2, -0.15) is 4.98 Å². The van der Waals surface area contributed by atoms with Crippen LogP contribution in [-0.4, -0.2) is 27.2 Å². The Hall–Kier alpha value is -3.85. The monoisotopic (exact) mass is 418 g/mol. The van der Waals surface area contributed by atoms with Crippen LogP contribution in [0, 0.1) is 0 Å². The summed E-state index contributed by atoms with van der Waals surface area (Å²) in [6, 6.07) is 12.6. The summed E-state index contributed by atoms with van der Waals surface area (Å²) in [5.74, 6) is 1.47. The molecule has 0 amide bonds. The predicted molar refractivity (Wildman–Crippen MR) is 110 cm³/mol. The van der Waals surface area contributed by atoms with Crippen molar-refractivity contribution in [1.82, 2.24) is 20.1 Å². The summed E-state index contributed by atoms with van der Waals surface area (Å²) in [6.45, 7) is 0. The highest BCUT2D eigenvalue weighted by molar-refractivity contribution is 7.10. The molecule has 0 saturated heterocycles. The highest BCUT2D eigenvalue weighted by Crippen LogP contribution is 2.26. The maximum atomic E-state index is 12.5. The smallest absolute Gasteiger partial charge is 0.345 e. The van der Waals surface area contributed by atoms with E-state index in [1.54, 1.807) is 25.4 Å². The van der Waals surface area contributed by atoms with Crippen molar-refractivity contribution >= 4 is 22.3 Å². The van der Waals surface area contributed by atoms with Gasteiger partial charge in [-0.25, -0.2) is 9.78 Å². The minimum absolute atomic E-state index is 0.362. The molecule has 0 aliphatic heterocycles. The highest BCUT2D eigenvalue weighted by atomic mass is 32.1. The Labute approximate surface area is 173 Å². The van der Waals surface area contributed by atoms with E-state index in [1.807, 2.05) is 35.7 Å². The molecule has 148 valence electrons. The second kappa shape index (κ2) is 7.53. The average molecular weight is 418 g/mol. The number of aromatic nitrogens is 4. The van der Waals surface area contributed by atoms with Gasteiger partial charge in [-0.1, -0.05) is 11.2 Å². The highest BCUT2D eigenvalue weighted by Gasteiger charge is 2.15. The summed E-state index contributed by atoms with van der Waals surface area (Å²) >= 11 is 1.41. The van der Waals surface area contributed by atoms with Crippen molar-refractivity contribution in [2.45, 2.75) is 6.42 Å². The van der Waals surface area contributed by atoms with E-state index in [0.29, 0.717) is 46.4 Å². The number of thiazole rings is 1. The second-order valence-electron chi connectivity index (χ2n) is 6.38. The molecule has 9 heteroatoms. The summed E-state index contributed by atoms with van der Waals surface area (Å²) in [4.78, 5) is 25.6. The number of fused-ring (bicyclic) bond motifs is 1. The maximum Gasteiger partial charge on any atom is 0.345 e. The molecular weight excluding hydrogens is 404 g/mol. The van der Waals surface area contributed by atoms with Gasteiger partial charge >= 0.3 is 5.63 Å². The fourth-order valence-corrected chi connectivity index (χ4v) is 3.75. The molecule has 0 fully saturated rings. The van der Waals surface area contributed by atoms with Crippen molar-refractivity contribution in [3.05, 3.63) is 75.4 Å². The van der Waals surface area contributed by atoms with Crippen LogP contribution in [0.1, 0.15) is 10.9 Å². The summed E-state index contributed by atoms with van der Waals surface area (Å²) in [5, 5.41) is 7.31. The minimum atomic E-state index is -0.456. The van der Waals surface area contributed by atoms with Gasteiger partial charge in [-0.3, -0.25) is 4.98 Å². The second-order valence-corrected chi connectivity index (χ2v) is 7.32. The Balaban J connectivity index is 1.41. The molecule has 0 aliphatic rings. The van der Waals surface area contributed by atoms with E-state index in [2.05, 4.69) is 20.1 Å². The number of hydrogen-bond acceptors (Lipinski definition) is 9. The topological polar surface area (TPSA) is 104 Å². The molecule has 5 aromatic rings. The van der Waals surface area contributed by atoms with Gasteiger partial charge in [0.15, 0.2) is 0 Å². The van der Waals surface area contributed by atoms with E-state index in [0.717, 1.165) is 10.4 Å². The van der Waals surface area contributed by atoms with Gasteiger partial charge in [0, 0.05) is 23.0 Å². The van der Waals surface area contributed by atoms with E-state index < -0.39 is 5.63 Å². The third-order valence-electron chi connectivity index (χ3n) is 4.44. The Morgan fingerprint density at radius 2 is 2.03 bits per heavy atom. The van der Waals surface area contributed by atoms with Gasteiger partial charge in [0.2, 0.25) is 11.7 Å². The maximum absolute atomic E-state index is 12.5. The van der Waals surface area contributed by atoms with Gasteiger partial charge in [-0.15, -0.1) is 11.3 Å². The van der Waals surface area contributed by atoms with Crippen LogP contribution in [0.15, 0.2) is 67.8 Å². The molecule has 1 aromatic carbocycles. The zero-order valence-electron chi connectivity index (χ0n) is 15.7. The lowest BCUT2D eigenvalue weighted by molar-refractivity contribution is 0.385. The van der Waals surface area contributed by atoms with Gasteiger partial charge in [0.25, 0.3) is 0 Å². The molecule has 0 bridgehead atoms. The summed E-state index contributed by atoms with van der Waals surface area (Å²) in [6.07, 6.45) is 2.03. The lowest BCUT2D eigenvalue weighted by Crippen LogP contribution is -2.03. The van der Waals surface area contributed by atoms with Crippen LogP contribution in [0.4, 0.5) is 0 Å². The Morgan fingerprint density at radius 1 is 1.10 bits per heavy atom. The molecule has 0 aliphatic carbocycles. The first-order valence-electron chi connectivity index (χ1n) is 9.00. The summed E-state index contributed by atoms with van der Waals surface area (Å²) in [5.41, 5.74) is 1.59. The molecular formula is C21H14N4O4S. The van der Waals surface area contributed by atoms with Crippen molar-refractivity contribution in [3.8, 4) is 28.5 Å². The predicted octanol–water partition coefficient (Wildman–Crippen LogP) is 3.96.